The van der Waals surface area contributed by atoms with E-state index >= 15 is 0 Å². The zero-order valence-corrected chi connectivity index (χ0v) is 43.0. The summed E-state index contributed by atoms with van der Waals surface area (Å²) in [7, 11) is 0. The van der Waals surface area contributed by atoms with Gasteiger partial charge in [-0.3, -0.25) is 0 Å². The van der Waals surface area contributed by atoms with Gasteiger partial charge in [-0.2, -0.15) is 0 Å². The van der Waals surface area contributed by atoms with Crippen molar-refractivity contribution in [3.05, 3.63) is 180 Å². The molecule has 13 aromatic rings. The van der Waals surface area contributed by atoms with Gasteiger partial charge in [-0.05, 0) is 199 Å². The first-order valence-corrected chi connectivity index (χ1v) is 25.6. The molecule has 0 atom stereocenters. The SMILES string of the molecule is CC(C)(C)c1cc(-c2c3cc4c5ccccc5c5cccc(c3c(-c3cc(C(C)(C)C)cc(C(C)(C)C)c3)c3c6ccc7ccc8cc(-c9ccccc9)cc9cc(c23)c6c7c89)c54)cc(C(C)(C)C)c1. The Hall–Kier alpha value is -7.02. The molecule has 70 heavy (non-hydrogen) atoms. The molecule has 0 aliphatic carbocycles. The average molecular weight is 903 g/mol. The summed E-state index contributed by atoms with van der Waals surface area (Å²) in [6, 6.07) is 62.1. The van der Waals surface area contributed by atoms with Crippen molar-refractivity contribution in [3.63, 3.8) is 0 Å². The van der Waals surface area contributed by atoms with Crippen LogP contribution in [-0.2, 0) is 21.7 Å². The van der Waals surface area contributed by atoms with E-state index in [0.717, 1.165) is 0 Å². The number of benzene rings is 11. The van der Waals surface area contributed by atoms with E-state index < -0.39 is 0 Å². The Morgan fingerprint density at radius 3 is 1.31 bits per heavy atom. The van der Waals surface area contributed by atoms with Crippen molar-refractivity contribution in [2.75, 3.05) is 0 Å². The van der Waals surface area contributed by atoms with Crippen LogP contribution in [0.5, 0.6) is 0 Å². The normalized spacial score (nSPS) is 13.4. The third kappa shape index (κ3) is 6.21. The molecule has 13 aromatic carbocycles. The smallest absolute Gasteiger partial charge is 0.000717 e. The van der Waals surface area contributed by atoms with Crippen LogP contribution in [0.2, 0.25) is 0 Å². The van der Waals surface area contributed by atoms with E-state index in [4.69, 9.17) is 0 Å². The quantitative estimate of drug-likeness (QED) is 0.155. The molecular formula is C70H62. The summed E-state index contributed by atoms with van der Waals surface area (Å²) in [5.74, 6) is 0. The van der Waals surface area contributed by atoms with E-state index in [2.05, 4.69) is 241 Å². The van der Waals surface area contributed by atoms with E-state index in [1.165, 1.54) is 153 Å². The maximum absolute atomic E-state index is 2.62. The van der Waals surface area contributed by atoms with Crippen LogP contribution in [0.4, 0.5) is 0 Å². The molecule has 0 aliphatic heterocycles. The summed E-state index contributed by atoms with van der Waals surface area (Å²) in [6.07, 6.45) is 0. The van der Waals surface area contributed by atoms with Crippen molar-refractivity contribution < 1.29 is 0 Å². The second kappa shape index (κ2) is 14.3. The minimum atomic E-state index is -0.0675. The van der Waals surface area contributed by atoms with Crippen LogP contribution in [0.1, 0.15) is 105 Å². The number of fused-ring (bicyclic) bond motifs is 8. The second-order valence-electron chi connectivity index (χ2n) is 25.0. The van der Waals surface area contributed by atoms with Gasteiger partial charge in [0.1, 0.15) is 0 Å². The van der Waals surface area contributed by atoms with Crippen LogP contribution < -0.4 is 0 Å². The maximum Gasteiger partial charge on any atom is -0.000717 e. The van der Waals surface area contributed by atoms with Gasteiger partial charge in [0.2, 0.25) is 0 Å². The first kappa shape index (κ1) is 43.0. The molecule has 13 rings (SSSR count). The van der Waals surface area contributed by atoms with Gasteiger partial charge in [-0.15, -0.1) is 0 Å². The van der Waals surface area contributed by atoms with Gasteiger partial charge in [0.25, 0.3) is 0 Å². The molecule has 0 aliphatic rings. The third-order valence-corrected chi connectivity index (χ3v) is 16.2. The third-order valence-electron chi connectivity index (χ3n) is 16.2. The van der Waals surface area contributed by atoms with E-state index in [9.17, 15) is 0 Å². The van der Waals surface area contributed by atoms with Crippen molar-refractivity contribution in [3.8, 4) is 33.4 Å². The van der Waals surface area contributed by atoms with Crippen molar-refractivity contribution in [1.82, 2.24) is 0 Å². The molecule has 0 saturated heterocycles. The lowest BCUT2D eigenvalue weighted by Gasteiger charge is -2.28. The number of rotatable bonds is 3. The minimum Gasteiger partial charge on any atom is -0.0622 e. The first-order valence-electron chi connectivity index (χ1n) is 25.6. The molecule has 0 bridgehead atoms. The van der Waals surface area contributed by atoms with E-state index in [1.54, 1.807) is 0 Å². The Morgan fingerprint density at radius 2 is 0.700 bits per heavy atom. The van der Waals surface area contributed by atoms with Crippen molar-refractivity contribution in [2.24, 2.45) is 0 Å². The zero-order chi connectivity index (χ0) is 48.6. The Morgan fingerprint density at radius 1 is 0.214 bits per heavy atom. The van der Waals surface area contributed by atoms with Crippen LogP contribution in [0.25, 0.3) is 130 Å². The molecule has 0 heteroatoms. The molecule has 0 aromatic heterocycles. The fraction of sp³-hybridized carbons (Fsp3) is 0.229. The number of hydrogen-bond acceptors (Lipinski definition) is 0. The molecule has 0 amide bonds. The summed E-state index contributed by atoms with van der Waals surface area (Å²) in [4.78, 5) is 0. The summed E-state index contributed by atoms with van der Waals surface area (Å²) in [6.45, 7) is 28.5. The molecular weight excluding hydrogens is 841 g/mol. The highest BCUT2D eigenvalue weighted by Gasteiger charge is 2.31. The van der Waals surface area contributed by atoms with Gasteiger partial charge < -0.3 is 0 Å². The van der Waals surface area contributed by atoms with Gasteiger partial charge in [0, 0.05) is 0 Å². The largest absolute Gasteiger partial charge is 0.0622 e. The molecule has 0 spiro atoms. The molecule has 0 saturated carbocycles. The summed E-state index contributed by atoms with van der Waals surface area (Å²) < 4.78 is 0. The van der Waals surface area contributed by atoms with Crippen LogP contribution in [0.3, 0.4) is 0 Å². The Balaban J connectivity index is 1.36. The standard InChI is InChI=1S/C70H62/c1-67(2,3)46-31-44(32-47(36-46)68(4,5)6)59-57-38-55-51-22-17-16-21-50(51)52-23-18-24-53(62(52)55)63(57)61(45-33-48(69(7,8)9)37-49(34-45)70(10,11)12)65-54-28-27-40-25-26-41-29-42(39-19-14-13-15-20-39)30-43-35-56(66(59)65)64(54)60(40)58(41)43/h13-38H,1-12H3. The summed E-state index contributed by atoms with van der Waals surface area (Å²) >= 11 is 0. The van der Waals surface area contributed by atoms with Crippen molar-refractivity contribution in [2.45, 2.75) is 105 Å². The Labute approximate surface area is 413 Å². The lowest BCUT2D eigenvalue weighted by atomic mass is 9.76. The molecule has 0 heterocycles. The van der Waals surface area contributed by atoms with E-state index in [-0.39, 0.29) is 21.7 Å². The van der Waals surface area contributed by atoms with Crippen LogP contribution in [0.15, 0.2) is 158 Å². The van der Waals surface area contributed by atoms with Gasteiger partial charge in [0.05, 0.1) is 0 Å². The summed E-state index contributed by atoms with van der Waals surface area (Å²) in [5, 5.41) is 24.1. The minimum absolute atomic E-state index is 0.0650. The maximum atomic E-state index is 2.62. The van der Waals surface area contributed by atoms with E-state index in [1.807, 2.05) is 0 Å². The first-order chi connectivity index (χ1) is 33.2. The highest BCUT2D eigenvalue weighted by Crippen LogP contribution is 2.57. The predicted molar refractivity (Wildman–Crippen MR) is 309 cm³/mol. The molecule has 0 nitrogen and oxygen atoms in total. The molecule has 0 N–H and O–H groups in total. The monoisotopic (exact) mass is 902 g/mol. The van der Waals surface area contributed by atoms with Gasteiger partial charge >= 0.3 is 0 Å². The second-order valence-corrected chi connectivity index (χ2v) is 25.0. The average Bonchev–Trinajstić information content (AvgIpc) is 3.83. The predicted octanol–water partition coefficient (Wildman–Crippen LogP) is 20.6. The Kier molecular flexibility index (Phi) is 8.79. The fourth-order valence-corrected chi connectivity index (χ4v) is 12.4. The van der Waals surface area contributed by atoms with Gasteiger partial charge in [-0.25, -0.2) is 0 Å². The highest BCUT2D eigenvalue weighted by atomic mass is 14.3. The van der Waals surface area contributed by atoms with Gasteiger partial charge in [0.15, 0.2) is 0 Å². The van der Waals surface area contributed by atoms with Crippen LogP contribution in [-0.4, -0.2) is 0 Å². The number of hydrogen-bond donors (Lipinski definition) is 0. The van der Waals surface area contributed by atoms with Crippen molar-refractivity contribution in [1.29, 1.82) is 0 Å². The molecule has 0 unspecified atom stereocenters. The molecule has 0 radical (unpaired) electrons. The molecule has 0 fully saturated rings. The van der Waals surface area contributed by atoms with Crippen LogP contribution >= 0.6 is 0 Å². The molecule has 342 valence electrons. The highest BCUT2D eigenvalue weighted by molar-refractivity contribution is 6.47. The van der Waals surface area contributed by atoms with E-state index in [0.29, 0.717) is 0 Å². The van der Waals surface area contributed by atoms with Crippen molar-refractivity contribution >= 4 is 97.0 Å². The lowest BCUT2D eigenvalue weighted by Crippen LogP contribution is -2.16. The summed E-state index contributed by atoms with van der Waals surface area (Å²) in [5.41, 5.74) is 13.0. The lowest BCUT2D eigenvalue weighted by molar-refractivity contribution is 0.568. The topological polar surface area (TPSA) is 0 Å². The van der Waals surface area contributed by atoms with Gasteiger partial charge in [-0.1, -0.05) is 217 Å². The fourth-order valence-electron chi connectivity index (χ4n) is 12.4. The van der Waals surface area contributed by atoms with Crippen LogP contribution in [0, 0.1) is 0 Å². The Bertz CT molecular complexity index is 4220. The zero-order valence-electron chi connectivity index (χ0n) is 43.0.